The molecule has 1 heterocycles. The van der Waals surface area contributed by atoms with Gasteiger partial charge in [-0.1, -0.05) is 65.6 Å². The topological polar surface area (TPSA) is 54.9 Å². The van der Waals surface area contributed by atoms with E-state index in [1.165, 1.54) is 35.1 Å². The molecule has 3 aromatic rings. The smallest absolute Gasteiger partial charge is 0.250 e. The van der Waals surface area contributed by atoms with Crippen molar-refractivity contribution in [1.82, 2.24) is 10.2 Å². The minimum absolute atomic E-state index is 0.305. The van der Waals surface area contributed by atoms with Crippen LogP contribution in [-0.4, -0.2) is 16.1 Å². The van der Waals surface area contributed by atoms with E-state index in [-0.39, 0.29) is 11.7 Å². The Labute approximate surface area is 152 Å². The molecule has 0 spiro atoms. The number of carbonyl (C=O) groups is 1. The molecule has 0 aliphatic heterocycles. The molecule has 126 valence electrons. The van der Waals surface area contributed by atoms with Crippen LogP contribution in [0.15, 0.2) is 65.0 Å². The number of thioether (sulfide) groups is 1. The molecule has 2 aromatic carbocycles. The standard InChI is InChI=1S/C18H14FN3OS2/c19-15-9-6-13(7-10-15)8-11-16(23)20-17-21-22-18(25-17)24-12-14-4-2-1-3-5-14/h1-11H,12H2,(H,20,21,23)/b11-8+. The first-order chi connectivity index (χ1) is 12.2. The number of benzene rings is 2. The number of rotatable bonds is 6. The third-order valence-electron chi connectivity index (χ3n) is 3.14. The summed E-state index contributed by atoms with van der Waals surface area (Å²) in [5.74, 6) is 0.185. The molecule has 1 aromatic heterocycles. The maximum Gasteiger partial charge on any atom is 0.250 e. The van der Waals surface area contributed by atoms with Crippen LogP contribution >= 0.6 is 23.1 Å². The lowest BCUT2D eigenvalue weighted by molar-refractivity contribution is -0.111. The van der Waals surface area contributed by atoms with Crippen molar-refractivity contribution in [3.63, 3.8) is 0 Å². The fraction of sp³-hybridized carbons (Fsp3) is 0.0556. The van der Waals surface area contributed by atoms with Gasteiger partial charge in [-0.3, -0.25) is 10.1 Å². The fourth-order valence-electron chi connectivity index (χ4n) is 1.93. The van der Waals surface area contributed by atoms with Gasteiger partial charge >= 0.3 is 0 Å². The predicted octanol–water partition coefficient (Wildman–Crippen LogP) is 4.62. The number of nitrogens with one attached hydrogen (secondary N) is 1. The van der Waals surface area contributed by atoms with E-state index in [4.69, 9.17) is 0 Å². The maximum atomic E-state index is 12.8. The predicted molar refractivity (Wildman–Crippen MR) is 100.0 cm³/mol. The molecular formula is C18H14FN3OS2. The molecule has 0 aliphatic rings. The Morgan fingerprint density at radius 2 is 1.88 bits per heavy atom. The van der Waals surface area contributed by atoms with Crippen LogP contribution in [0.25, 0.3) is 6.08 Å². The van der Waals surface area contributed by atoms with Crippen molar-refractivity contribution in [2.24, 2.45) is 0 Å². The van der Waals surface area contributed by atoms with Crippen LogP contribution in [-0.2, 0) is 10.5 Å². The summed E-state index contributed by atoms with van der Waals surface area (Å²) in [6, 6.07) is 16.0. The van der Waals surface area contributed by atoms with E-state index in [2.05, 4.69) is 27.6 Å². The van der Waals surface area contributed by atoms with E-state index < -0.39 is 0 Å². The number of halogens is 1. The van der Waals surface area contributed by atoms with Gasteiger partial charge in [-0.25, -0.2) is 4.39 Å². The van der Waals surface area contributed by atoms with Gasteiger partial charge < -0.3 is 0 Å². The van der Waals surface area contributed by atoms with Gasteiger partial charge in [0.15, 0.2) is 4.34 Å². The van der Waals surface area contributed by atoms with Crippen molar-refractivity contribution in [3.05, 3.63) is 77.6 Å². The summed E-state index contributed by atoms with van der Waals surface area (Å²) in [7, 11) is 0. The zero-order valence-corrected chi connectivity index (χ0v) is 14.7. The minimum Gasteiger partial charge on any atom is -0.297 e. The third kappa shape index (κ3) is 5.51. The van der Waals surface area contributed by atoms with E-state index in [0.29, 0.717) is 5.13 Å². The number of carbonyl (C=O) groups excluding carboxylic acids is 1. The van der Waals surface area contributed by atoms with Crippen LogP contribution in [0.4, 0.5) is 9.52 Å². The summed E-state index contributed by atoms with van der Waals surface area (Å²) >= 11 is 2.90. The van der Waals surface area contributed by atoms with Crippen molar-refractivity contribution >= 4 is 40.2 Å². The highest BCUT2D eigenvalue weighted by molar-refractivity contribution is 8.00. The maximum absolute atomic E-state index is 12.8. The van der Waals surface area contributed by atoms with Crippen molar-refractivity contribution in [1.29, 1.82) is 0 Å². The Kier molecular flexibility index (Phi) is 5.92. The van der Waals surface area contributed by atoms with Gasteiger partial charge in [0.2, 0.25) is 11.0 Å². The molecule has 0 aliphatic carbocycles. The van der Waals surface area contributed by atoms with Gasteiger partial charge in [0, 0.05) is 11.8 Å². The van der Waals surface area contributed by atoms with Crippen LogP contribution in [0.1, 0.15) is 11.1 Å². The molecule has 0 unspecified atom stereocenters. The monoisotopic (exact) mass is 371 g/mol. The van der Waals surface area contributed by atoms with Crippen LogP contribution in [0, 0.1) is 5.82 Å². The lowest BCUT2D eigenvalue weighted by atomic mass is 10.2. The average molecular weight is 371 g/mol. The highest BCUT2D eigenvalue weighted by Gasteiger charge is 2.07. The summed E-state index contributed by atoms with van der Waals surface area (Å²) in [5.41, 5.74) is 1.95. The summed E-state index contributed by atoms with van der Waals surface area (Å²) in [6.45, 7) is 0. The van der Waals surface area contributed by atoms with Gasteiger partial charge in [-0.05, 0) is 29.3 Å². The Morgan fingerprint density at radius 1 is 1.12 bits per heavy atom. The number of hydrogen-bond donors (Lipinski definition) is 1. The highest BCUT2D eigenvalue weighted by atomic mass is 32.2. The molecule has 1 amide bonds. The fourth-order valence-corrected chi connectivity index (χ4v) is 3.64. The van der Waals surface area contributed by atoms with Gasteiger partial charge in [0.25, 0.3) is 0 Å². The second kappa shape index (κ2) is 8.55. The Morgan fingerprint density at radius 3 is 2.64 bits per heavy atom. The molecule has 0 saturated carbocycles. The second-order valence-corrected chi connectivity index (χ2v) is 7.22. The first kappa shape index (κ1) is 17.3. The zero-order valence-electron chi connectivity index (χ0n) is 13.1. The zero-order chi connectivity index (χ0) is 17.5. The quantitative estimate of drug-likeness (QED) is 0.390. The Bertz CT molecular complexity index is 864. The largest absolute Gasteiger partial charge is 0.297 e. The summed E-state index contributed by atoms with van der Waals surface area (Å²) < 4.78 is 13.6. The van der Waals surface area contributed by atoms with E-state index in [0.717, 1.165) is 15.7 Å². The molecule has 3 rings (SSSR count). The normalized spacial score (nSPS) is 10.9. The van der Waals surface area contributed by atoms with E-state index in [1.54, 1.807) is 30.0 Å². The number of amides is 1. The van der Waals surface area contributed by atoms with Crippen molar-refractivity contribution in [3.8, 4) is 0 Å². The molecule has 25 heavy (non-hydrogen) atoms. The molecule has 0 radical (unpaired) electrons. The van der Waals surface area contributed by atoms with Gasteiger partial charge in [0.05, 0.1) is 0 Å². The molecule has 4 nitrogen and oxygen atoms in total. The van der Waals surface area contributed by atoms with Crippen LogP contribution in [0.3, 0.4) is 0 Å². The average Bonchev–Trinajstić information content (AvgIpc) is 3.08. The van der Waals surface area contributed by atoms with Crippen LogP contribution in [0.2, 0.25) is 0 Å². The van der Waals surface area contributed by atoms with E-state index in [9.17, 15) is 9.18 Å². The number of aromatic nitrogens is 2. The third-order valence-corrected chi connectivity index (χ3v) is 5.18. The number of anilines is 1. The molecule has 0 fully saturated rings. The first-order valence-electron chi connectivity index (χ1n) is 7.44. The van der Waals surface area contributed by atoms with E-state index in [1.807, 2.05) is 18.2 Å². The van der Waals surface area contributed by atoms with E-state index >= 15 is 0 Å². The lowest BCUT2D eigenvalue weighted by Gasteiger charge is -1.97. The second-order valence-electron chi connectivity index (χ2n) is 5.02. The van der Waals surface area contributed by atoms with Gasteiger partial charge in [-0.2, -0.15) is 0 Å². The molecule has 0 bridgehead atoms. The van der Waals surface area contributed by atoms with Crippen molar-refractivity contribution in [2.45, 2.75) is 10.1 Å². The van der Waals surface area contributed by atoms with Crippen LogP contribution in [0.5, 0.6) is 0 Å². The van der Waals surface area contributed by atoms with Crippen molar-refractivity contribution < 1.29 is 9.18 Å². The van der Waals surface area contributed by atoms with Crippen LogP contribution < -0.4 is 5.32 Å². The lowest BCUT2D eigenvalue weighted by Crippen LogP contribution is -2.07. The first-order valence-corrected chi connectivity index (χ1v) is 9.24. The molecular weight excluding hydrogens is 357 g/mol. The minimum atomic E-state index is -0.309. The molecule has 0 saturated heterocycles. The molecule has 1 N–H and O–H groups in total. The number of nitrogens with zero attached hydrogens (tertiary/aromatic N) is 2. The molecule has 7 heteroatoms. The summed E-state index contributed by atoms with van der Waals surface area (Å²) in [5, 5.41) is 11.2. The summed E-state index contributed by atoms with van der Waals surface area (Å²) in [4.78, 5) is 11.9. The molecule has 0 atom stereocenters. The van der Waals surface area contributed by atoms with Crippen molar-refractivity contribution in [2.75, 3.05) is 5.32 Å². The Hall–Kier alpha value is -2.51. The Balaban J connectivity index is 1.52. The SMILES string of the molecule is O=C(/C=C/c1ccc(F)cc1)Nc1nnc(SCc2ccccc2)s1. The highest BCUT2D eigenvalue weighted by Crippen LogP contribution is 2.28. The van der Waals surface area contributed by atoms with Gasteiger partial charge in [0.1, 0.15) is 5.82 Å². The summed E-state index contributed by atoms with van der Waals surface area (Å²) in [6.07, 6.45) is 2.99. The number of hydrogen-bond acceptors (Lipinski definition) is 5. The van der Waals surface area contributed by atoms with Gasteiger partial charge in [-0.15, -0.1) is 10.2 Å².